The molecule has 1 atom stereocenters. The smallest absolute Gasteiger partial charge is 0.317 e. The Kier molecular flexibility index (Phi) is 1.58. The summed E-state index contributed by atoms with van der Waals surface area (Å²) in [5.74, 6) is 0.330. The summed E-state index contributed by atoms with van der Waals surface area (Å²) in [7, 11) is 0. The van der Waals surface area contributed by atoms with Crippen LogP contribution in [0.4, 0.5) is 0 Å². The molecule has 0 saturated carbocycles. The Morgan fingerprint density at radius 1 is 2.00 bits per heavy atom. The van der Waals surface area contributed by atoms with Crippen molar-refractivity contribution < 1.29 is 9.53 Å². The fourth-order valence-corrected chi connectivity index (χ4v) is 1.14. The van der Waals surface area contributed by atoms with Gasteiger partial charge in [0.2, 0.25) is 0 Å². The van der Waals surface area contributed by atoms with Gasteiger partial charge in [0.15, 0.2) is 5.44 Å². The molecule has 8 heavy (non-hydrogen) atoms. The van der Waals surface area contributed by atoms with E-state index in [9.17, 15) is 4.79 Å². The molecule has 0 aromatic heterocycles. The molecule has 1 aliphatic heterocycles. The summed E-state index contributed by atoms with van der Waals surface area (Å²) >= 11 is 1.46. The van der Waals surface area contributed by atoms with Crippen molar-refractivity contribution >= 4 is 17.7 Å². The van der Waals surface area contributed by atoms with Crippen LogP contribution >= 0.6 is 11.8 Å². The standard InChI is InChI=1S/C5H6O2S/c1-2-5-7-4(6)3-8-5/h2,5H,1,3H2. The largest absolute Gasteiger partial charge is 0.446 e. The van der Waals surface area contributed by atoms with Crippen LogP contribution in [0.25, 0.3) is 0 Å². The van der Waals surface area contributed by atoms with E-state index < -0.39 is 0 Å². The first-order valence-electron chi connectivity index (χ1n) is 2.26. The third-order valence-electron chi connectivity index (χ3n) is 0.806. The lowest BCUT2D eigenvalue weighted by Gasteiger charge is -1.96. The van der Waals surface area contributed by atoms with Crippen LogP contribution in [0.1, 0.15) is 0 Å². The highest BCUT2D eigenvalue weighted by Crippen LogP contribution is 2.20. The molecule has 1 saturated heterocycles. The molecule has 0 aliphatic carbocycles. The van der Waals surface area contributed by atoms with E-state index in [1.165, 1.54) is 11.8 Å². The van der Waals surface area contributed by atoms with E-state index in [0.717, 1.165) is 0 Å². The number of carbonyl (C=O) groups is 1. The monoisotopic (exact) mass is 130 g/mol. The predicted molar refractivity (Wildman–Crippen MR) is 32.5 cm³/mol. The predicted octanol–water partition coefficient (Wildman–Crippen LogP) is 0.788. The van der Waals surface area contributed by atoms with E-state index in [1.807, 2.05) is 0 Å². The Morgan fingerprint density at radius 2 is 2.75 bits per heavy atom. The van der Waals surface area contributed by atoms with Crippen molar-refractivity contribution in [1.29, 1.82) is 0 Å². The summed E-state index contributed by atoms with van der Waals surface area (Å²) in [6.07, 6.45) is 1.62. The van der Waals surface area contributed by atoms with E-state index >= 15 is 0 Å². The van der Waals surface area contributed by atoms with Crippen molar-refractivity contribution in [1.82, 2.24) is 0 Å². The van der Waals surface area contributed by atoms with Crippen LogP contribution < -0.4 is 0 Å². The first-order chi connectivity index (χ1) is 3.83. The maximum Gasteiger partial charge on any atom is 0.317 e. The Labute approximate surface area is 51.9 Å². The van der Waals surface area contributed by atoms with Crippen molar-refractivity contribution in [3.8, 4) is 0 Å². The Morgan fingerprint density at radius 3 is 3.00 bits per heavy atom. The molecule has 0 radical (unpaired) electrons. The van der Waals surface area contributed by atoms with Crippen LogP contribution in [0, 0.1) is 0 Å². The van der Waals surface area contributed by atoms with E-state index in [-0.39, 0.29) is 11.4 Å². The highest BCUT2D eigenvalue weighted by molar-refractivity contribution is 8.00. The molecule has 44 valence electrons. The topological polar surface area (TPSA) is 26.3 Å². The fraction of sp³-hybridized carbons (Fsp3) is 0.400. The average molecular weight is 130 g/mol. The van der Waals surface area contributed by atoms with Gasteiger partial charge in [-0.25, -0.2) is 0 Å². The average Bonchev–Trinajstić information content (AvgIpc) is 2.14. The van der Waals surface area contributed by atoms with E-state index in [4.69, 9.17) is 4.74 Å². The molecule has 1 heterocycles. The molecule has 0 amide bonds. The number of carbonyl (C=O) groups excluding carboxylic acids is 1. The molecular formula is C5H6O2S. The molecule has 0 spiro atoms. The van der Waals surface area contributed by atoms with Gasteiger partial charge in [-0.3, -0.25) is 4.79 Å². The van der Waals surface area contributed by atoms with Gasteiger partial charge < -0.3 is 4.74 Å². The highest BCUT2D eigenvalue weighted by atomic mass is 32.2. The second kappa shape index (κ2) is 2.22. The third kappa shape index (κ3) is 1.04. The van der Waals surface area contributed by atoms with Crippen molar-refractivity contribution in [2.24, 2.45) is 0 Å². The van der Waals surface area contributed by atoms with Crippen LogP contribution in [0.15, 0.2) is 12.7 Å². The van der Waals surface area contributed by atoms with Crippen LogP contribution in [0.2, 0.25) is 0 Å². The SMILES string of the molecule is C=CC1OC(=O)CS1. The minimum Gasteiger partial charge on any atom is -0.446 e. The summed E-state index contributed by atoms with van der Waals surface area (Å²) in [5, 5.41) is 0. The molecule has 0 bridgehead atoms. The molecular weight excluding hydrogens is 124 g/mol. The van der Waals surface area contributed by atoms with Crippen molar-refractivity contribution in [2.45, 2.75) is 5.44 Å². The van der Waals surface area contributed by atoms with Gasteiger partial charge in [-0.2, -0.15) is 0 Å². The van der Waals surface area contributed by atoms with Crippen LogP contribution in [0.5, 0.6) is 0 Å². The number of ether oxygens (including phenoxy) is 1. The number of rotatable bonds is 1. The normalized spacial score (nSPS) is 27.5. The van der Waals surface area contributed by atoms with Gasteiger partial charge >= 0.3 is 5.97 Å². The fourth-order valence-electron chi connectivity index (χ4n) is 0.464. The highest BCUT2D eigenvalue weighted by Gasteiger charge is 2.19. The zero-order chi connectivity index (χ0) is 5.98. The Hall–Kier alpha value is -0.440. The van der Waals surface area contributed by atoms with Crippen LogP contribution in [0.3, 0.4) is 0 Å². The number of thioether (sulfide) groups is 1. The van der Waals surface area contributed by atoms with Gasteiger partial charge in [0.25, 0.3) is 0 Å². The first-order valence-corrected chi connectivity index (χ1v) is 3.31. The van der Waals surface area contributed by atoms with Gasteiger partial charge in [-0.05, 0) is 6.08 Å². The zero-order valence-corrected chi connectivity index (χ0v) is 5.11. The lowest BCUT2D eigenvalue weighted by atomic mass is 10.7. The minimum absolute atomic E-state index is 0.0949. The summed E-state index contributed by atoms with van der Waals surface area (Å²) < 4.78 is 4.72. The minimum atomic E-state index is -0.139. The summed E-state index contributed by atoms with van der Waals surface area (Å²) in [4.78, 5) is 10.3. The molecule has 1 fully saturated rings. The van der Waals surface area contributed by atoms with E-state index in [2.05, 4.69) is 6.58 Å². The summed E-state index contributed by atoms with van der Waals surface area (Å²) in [6, 6.07) is 0. The molecule has 1 aliphatic rings. The maximum absolute atomic E-state index is 10.3. The lowest BCUT2D eigenvalue weighted by Crippen LogP contribution is -2.00. The zero-order valence-electron chi connectivity index (χ0n) is 4.29. The molecule has 0 aromatic carbocycles. The number of hydrogen-bond donors (Lipinski definition) is 0. The van der Waals surface area contributed by atoms with E-state index in [0.29, 0.717) is 5.75 Å². The second-order valence-electron chi connectivity index (χ2n) is 1.40. The van der Waals surface area contributed by atoms with Crippen LogP contribution in [-0.4, -0.2) is 17.2 Å². The molecule has 3 heteroatoms. The molecule has 0 N–H and O–H groups in total. The van der Waals surface area contributed by atoms with Crippen molar-refractivity contribution in [2.75, 3.05) is 5.75 Å². The van der Waals surface area contributed by atoms with Crippen LogP contribution in [-0.2, 0) is 9.53 Å². The molecule has 0 aromatic rings. The van der Waals surface area contributed by atoms with Gasteiger partial charge in [0, 0.05) is 0 Å². The molecule has 1 unspecified atom stereocenters. The summed E-state index contributed by atoms with van der Waals surface area (Å²) in [5.41, 5.74) is -0.0949. The lowest BCUT2D eigenvalue weighted by molar-refractivity contribution is -0.138. The second-order valence-corrected chi connectivity index (χ2v) is 2.49. The van der Waals surface area contributed by atoms with Crippen molar-refractivity contribution in [3.05, 3.63) is 12.7 Å². The Balaban J connectivity index is 2.43. The summed E-state index contributed by atoms with van der Waals surface area (Å²) in [6.45, 7) is 3.48. The van der Waals surface area contributed by atoms with Crippen molar-refractivity contribution in [3.63, 3.8) is 0 Å². The third-order valence-corrected chi connectivity index (χ3v) is 1.83. The van der Waals surface area contributed by atoms with Gasteiger partial charge in [-0.1, -0.05) is 6.58 Å². The quantitative estimate of drug-likeness (QED) is 0.387. The number of hydrogen-bond acceptors (Lipinski definition) is 3. The van der Waals surface area contributed by atoms with E-state index in [1.54, 1.807) is 6.08 Å². The first kappa shape index (κ1) is 5.69. The Bertz CT molecular complexity index is 122. The molecule has 1 rings (SSSR count). The van der Waals surface area contributed by atoms with Gasteiger partial charge in [0.05, 0.1) is 5.75 Å². The number of esters is 1. The van der Waals surface area contributed by atoms with Gasteiger partial charge in [-0.15, -0.1) is 11.8 Å². The number of cyclic esters (lactones) is 1. The van der Waals surface area contributed by atoms with Gasteiger partial charge in [0.1, 0.15) is 0 Å². The molecule has 2 nitrogen and oxygen atoms in total. The maximum atomic E-state index is 10.3.